The van der Waals surface area contributed by atoms with Crippen molar-refractivity contribution in [1.82, 2.24) is 4.98 Å². The van der Waals surface area contributed by atoms with Crippen molar-refractivity contribution in [2.45, 2.75) is 4.90 Å². The van der Waals surface area contributed by atoms with Crippen LogP contribution in [0.1, 0.15) is 0 Å². The zero-order chi connectivity index (χ0) is 15.8. The molecule has 10 heteroatoms. The summed E-state index contributed by atoms with van der Waals surface area (Å²) in [7, 11) is -4.42. The molecule has 0 saturated carbocycles. The molecular formula is C11H8ClN3O5S. The van der Waals surface area contributed by atoms with Crippen LogP contribution in [0.5, 0.6) is 5.75 Å². The SMILES string of the molecule is NS(=O)(=O)c1c(Cl)cc(-c2ccncc2)c([N+](=O)[O-])c1O. The van der Waals surface area contributed by atoms with Crippen LogP contribution in [-0.4, -0.2) is 23.4 Å². The van der Waals surface area contributed by atoms with Crippen molar-refractivity contribution in [3.05, 3.63) is 45.7 Å². The first kappa shape index (κ1) is 15.2. The van der Waals surface area contributed by atoms with Crippen molar-refractivity contribution in [3.8, 4) is 16.9 Å². The van der Waals surface area contributed by atoms with Gasteiger partial charge in [-0.05, 0) is 23.8 Å². The summed E-state index contributed by atoms with van der Waals surface area (Å²) >= 11 is 5.79. The molecule has 1 heterocycles. The van der Waals surface area contributed by atoms with E-state index in [1.807, 2.05) is 0 Å². The zero-order valence-electron chi connectivity index (χ0n) is 10.2. The zero-order valence-corrected chi connectivity index (χ0v) is 11.8. The number of rotatable bonds is 3. The molecule has 8 nitrogen and oxygen atoms in total. The number of phenolic OH excluding ortho intramolecular Hbond substituents is 1. The third-order valence-corrected chi connectivity index (χ3v) is 4.03. The molecule has 110 valence electrons. The molecule has 1 aromatic heterocycles. The van der Waals surface area contributed by atoms with Gasteiger partial charge in [-0.25, -0.2) is 13.6 Å². The van der Waals surface area contributed by atoms with Crippen molar-refractivity contribution in [1.29, 1.82) is 0 Å². The molecule has 0 aliphatic carbocycles. The van der Waals surface area contributed by atoms with Crippen LogP contribution in [0.25, 0.3) is 11.1 Å². The Morgan fingerprint density at radius 2 is 1.90 bits per heavy atom. The maximum Gasteiger partial charge on any atom is 0.320 e. The second-order valence-electron chi connectivity index (χ2n) is 3.97. The number of benzene rings is 1. The van der Waals surface area contributed by atoms with Gasteiger partial charge in [-0.1, -0.05) is 11.6 Å². The number of primary sulfonamides is 1. The Morgan fingerprint density at radius 3 is 2.38 bits per heavy atom. The largest absolute Gasteiger partial charge is 0.501 e. The number of aromatic hydroxyl groups is 1. The summed E-state index contributed by atoms with van der Waals surface area (Å²) < 4.78 is 22.8. The molecule has 0 unspecified atom stereocenters. The molecule has 0 fully saturated rings. The smallest absolute Gasteiger partial charge is 0.320 e. The number of aromatic nitrogens is 1. The van der Waals surface area contributed by atoms with Crippen molar-refractivity contribution in [2.75, 3.05) is 0 Å². The maximum atomic E-state index is 11.4. The molecule has 0 spiro atoms. The van der Waals surface area contributed by atoms with Gasteiger partial charge < -0.3 is 5.11 Å². The molecule has 0 aliphatic rings. The minimum absolute atomic E-state index is 0.0442. The van der Waals surface area contributed by atoms with E-state index >= 15 is 0 Å². The average molecular weight is 330 g/mol. The number of sulfonamides is 1. The van der Waals surface area contributed by atoms with Gasteiger partial charge in [0.05, 0.1) is 15.5 Å². The molecule has 2 aromatic rings. The summed E-state index contributed by atoms with van der Waals surface area (Å²) in [6.07, 6.45) is 2.77. The summed E-state index contributed by atoms with van der Waals surface area (Å²) in [4.78, 5) is 13.1. The van der Waals surface area contributed by atoms with Crippen LogP contribution in [0.15, 0.2) is 35.5 Å². The van der Waals surface area contributed by atoms with Gasteiger partial charge in [-0.3, -0.25) is 15.1 Å². The fourth-order valence-corrected chi connectivity index (χ4v) is 3.03. The van der Waals surface area contributed by atoms with Gasteiger partial charge in [0.15, 0.2) is 0 Å². The number of halogens is 1. The summed E-state index contributed by atoms with van der Waals surface area (Å²) in [5, 5.41) is 25.6. The van der Waals surface area contributed by atoms with Gasteiger partial charge in [0.2, 0.25) is 15.8 Å². The number of nitro groups is 1. The summed E-state index contributed by atoms with van der Waals surface area (Å²) in [6, 6.07) is 3.97. The van der Waals surface area contributed by atoms with E-state index in [2.05, 4.69) is 4.98 Å². The standard InChI is InChI=1S/C11H8ClN3O5S/c12-8-5-7(6-1-3-14-4-2-6)9(15(17)18)10(16)11(8)21(13,19)20/h1-5,16H,(H2,13,19,20). The van der Waals surface area contributed by atoms with Gasteiger partial charge in [0.1, 0.15) is 4.90 Å². The molecule has 0 radical (unpaired) electrons. The predicted molar refractivity (Wildman–Crippen MR) is 74.4 cm³/mol. The van der Waals surface area contributed by atoms with Crippen LogP contribution < -0.4 is 5.14 Å². The van der Waals surface area contributed by atoms with Crippen LogP contribution in [0.4, 0.5) is 5.69 Å². The van der Waals surface area contributed by atoms with Crippen LogP contribution in [0, 0.1) is 10.1 Å². The number of phenols is 1. The Hall–Kier alpha value is -2.23. The molecule has 21 heavy (non-hydrogen) atoms. The fraction of sp³-hybridized carbons (Fsp3) is 0. The maximum absolute atomic E-state index is 11.4. The van der Waals surface area contributed by atoms with Gasteiger partial charge in [-0.15, -0.1) is 0 Å². The number of hydrogen-bond donors (Lipinski definition) is 2. The van der Waals surface area contributed by atoms with Crippen LogP contribution >= 0.6 is 11.6 Å². The van der Waals surface area contributed by atoms with E-state index in [1.165, 1.54) is 24.5 Å². The lowest BCUT2D eigenvalue weighted by Gasteiger charge is -2.10. The highest BCUT2D eigenvalue weighted by Gasteiger charge is 2.31. The predicted octanol–water partition coefficient (Wildman–Crippen LogP) is 1.66. The fourth-order valence-electron chi connectivity index (χ4n) is 1.82. The van der Waals surface area contributed by atoms with E-state index in [1.54, 1.807) is 0 Å². The molecule has 0 saturated heterocycles. The monoisotopic (exact) mass is 329 g/mol. The highest BCUT2D eigenvalue weighted by atomic mass is 35.5. The number of nitro benzene ring substituents is 1. The van der Waals surface area contributed by atoms with E-state index < -0.39 is 36.3 Å². The number of pyridine rings is 1. The molecule has 0 bridgehead atoms. The normalized spacial score (nSPS) is 11.3. The van der Waals surface area contributed by atoms with Gasteiger partial charge in [0.25, 0.3) is 0 Å². The number of nitrogens with zero attached hydrogens (tertiary/aromatic N) is 2. The van der Waals surface area contributed by atoms with E-state index in [4.69, 9.17) is 16.7 Å². The lowest BCUT2D eigenvalue weighted by atomic mass is 10.0. The first-order chi connectivity index (χ1) is 9.73. The molecule has 1 aromatic carbocycles. The van der Waals surface area contributed by atoms with E-state index in [0.717, 1.165) is 6.07 Å². The molecule has 2 rings (SSSR count). The highest BCUT2D eigenvalue weighted by Crippen LogP contribution is 2.44. The molecule has 0 aliphatic heterocycles. The van der Waals surface area contributed by atoms with Crippen molar-refractivity contribution >= 4 is 27.3 Å². The van der Waals surface area contributed by atoms with Crippen molar-refractivity contribution in [3.63, 3.8) is 0 Å². The first-order valence-electron chi connectivity index (χ1n) is 5.36. The molecule has 0 amide bonds. The quantitative estimate of drug-likeness (QED) is 0.649. The van der Waals surface area contributed by atoms with E-state index in [0.29, 0.717) is 5.56 Å². The highest BCUT2D eigenvalue weighted by molar-refractivity contribution is 7.89. The first-order valence-corrected chi connectivity index (χ1v) is 7.29. The summed E-state index contributed by atoms with van der Waals surface area (Å²) in [5.74, 6) is -1.10. The Bertz CT molecular complexity index is 823. The van der Waals surface area contributed by atoms with Gasteiger partial charge in [-0.2, -0.15) is 0 Å². The Morgan fingerprint density at radius 1 is 1.33 bits per heavy atom. The van der Waals surface area contributed by atoms with Crippen molar-refractivity contribution in [2.24, 2.45) is 5.14 Å². The lowest BCUT2D eigenvalue weighted by Crippen LogP contribution is -2.14. The van der Waals surface area contributed by atoms with Crippen LogP contribution in [0.3, 0.4) is 0 Å². The van der Waals surface area contributed by atoms with Crippen molar-refractivity contribution < 1.29 is 18.4 Å². The van der Waals surface area contributed by atoms with Crippen LogP contribution in [-0.2, 0) is 10.0 Å². The summed E-state index contributed by atoms with van der Waals surface area (Å²) in [5.41, 5.74) is -0.498. The number of hydrogen-bond acceptors (Lipinski definition) is 6. The minimum Gasteiger partial charge on any atom is -0.501 e. The lowest BCUT2D eigenvalue weighted by molar-refractivity contribution is -0.385. The van der Waals surface area contributed by atoms with E-state index in [9.17, 15) is 23.6 Å². The average Bonchev–Trinajstić information content (AvgIpc) is 2.36. The topological polar surface area (TPSA) is 136 Å². The Balaban J connectivity index is 2.90. The molecular weight excluding hydrogens is 322 g/mol. The summed E-state index contributed by atoms with van der Waals surface area (Å²) in [6.45, 7) is 0. The molecule has 3 N–H and O–H groups in total. The Labute approximate surface area is 124 Å². The Kier molecular flexibility index (Phi) is 3.81. The third-order valence-electron chi connectivity index (χ3n) is 2.64. The second kappa shape index (κ2) is 5.28. The number of nitrogens with two attached hydrogens (primary N) is 1. The third kappa shape index (κ3) is 2.79. The van der Waals surface area contributed by atoms with Gasteiger partial charge in [0, 0.05) is 12.4 Å². The van der Waals surface area contributed by atoms with E-state index in [-0.39, 0.29) is 5.56 Å². The minimum atomic E-state index is -4.42. The van der Waals surface area contributed by atoms with Crippen LogP contribution in [0.2, 0.25) is 5.02 Å². The second-order valence-corrected chi connectivity index (χ2v) is 5.88. The van der Waals surface area contributed by atoms with Gasteiger partial charge >= 0.3 is 5.69 Å². The molecule has 0 atom stereocenters.